The number of benzene rings is 2. The number of halogens is 1. The van der Waals surface area contributed by atoms with Gasteiger partial charge in [-0.15, -0.1) is 10.2 Å². The van der Waals surface area contributed by atoms with Gasteiger partial charge in [-0.3, -0.25) is 4.79 Å². The topological polar surface area (TPSA) is 58.6 Å². The van der Waals surface area contributed by atoms with Crippen LogP contribution in [-0.2, 0) is 4.79 Å². The molecule has 0 spiro atoms. The summed E-state index contributed by atoms with van der Waals surface area (Å²) >= 11 is 6.25. The standard InChI is InChI=1S/C24H25ClN4O2/c1-17-6-5-9-22(18(17)2)31-16-24(30)29-14-12-28(13-15-29)23-11-10-21(26-27-23)19-7-3-4-8-20(19)25/h3-11H,12-16H2,1-2H3. The summed E-state index contributed by atoms with van der Waals surface area (Å²) in [5.74, 6) is 1.57. The first kappa shape index (κ1) is 21.1. The van der Waals surface area contributed by atoms with Crippen LogP contribution in [0.2, 0.25) is 5.02 Å². The Balaban J connectivity index is 1.31. The quantitative estimate of drug-likeness (QED) is 0.601. The Morgan fingerprint density at radius 2 is 1.74 bits per heavy atom. The number of nitrogens with zero attached hydrogens (tertiary/aromatic N) is 4. The molecule has 1 amide bonds. The Morgan fingerprint density at radius 1 is 0.968 bits per heavy atom. The number of piperazine rings is 1. The molecular formula is C24H25ClN4O2. The average Bonchev–Trinajstić information content (AvgIpc) is 2.80. The largest absolute Gasteiger partial charge is 0.483 e. The second-order valence-corrected chi connectivity index (χ2v) is 8.02. The van der Waals surface area contributed by atoms with E-state index in [-0.39, 0.29) is 12.5 Å². The van der Waals surface area contributed by atoms with E-state index in [4.69, 9.17) is 16.3 Å². The molecule has 7 heteroatoms. The van der Waals surface area contributed by atoms with Crippen molar-refractivity contribution < 1.29 is 9.53 Å². The van der Waals surface area contributed by atoms with Gasteiger partial charge in [0.25, 0.3) is 5.91 Å². The van der Waals surface area contributed by atoms with Gasteiger partial charge in [0.2, 0.25) is 0 Å². The van der Waals surface area contributed by atoms with Crippen LogP contribution in [0.1, 0.15) is 11.1 Å². The predicted octanol–water partition coefficient (Wildman–Crippen LogP) is 4.14. The van der Waals surface area contributed by atoms with E-state index in [1.807, 2.05) is 73.3 Å². The minimum absolute atomic E-state index is 0.000655. The lowest BCUT2D eigenvalue weighted by Crippen LogP contribution is -2.50. The third-order valence-electron chi connectivity index (χ3n) is 5.66. The molecule has 0 N–H and O–H groups in total. The maximum absolute atomic E-state index is 12.6. The number of carbonyl (C=O) groups is 1. The molecule has 1 aliphatic heterocycles. The number of aromatic nitrogens is 2. The summed E-state index contributed by atoms with van der Waals surface area (Å²) in [6.07, 6.45) is 0. The van der Waals surface area contributed by atoms with Gasteiger partial charge >= 0.3 is 0 Å². The summed E-state index contributed by atoms with van der Waals surface area (Å²) in [4.78, 5) is 16.6. The summed E-state index contributed by atoms with van der Waals surface area (Å²) < 4.78 is 5.77. The van der Waals surface area contributed by atoms with Crippen LogP contribution in [0.15, 0.2) is 54.6 Å². The van der Waals surface area contributed by atoms with Gasteiger partial charge in [0.1, 0.15) is 5.75 Å². The molecule has 0 bridgehead atoms. The fraction of sp³-hybridized carbons (Fsp3) is 0.292. The molecule has 2 aromatic carbocycles. The lowest BCUT2D eigenvalue weighted by molar-refractivity contribution is -0.133. The smallest absolute Gasteiger partial charge is 0.260 e. The van der Waals surface area contributed by atoms with E-state index in [1.54, 1.807) is 0 Å². The SMILES string of the molecule is Cc1cccc(OCC(=O)N2CCN(c3ccc(-c4ccccc4Cl)nn3)CC2)c1C. The highest BCUT2D eigenvalue weighted by atomic mass is 35.5. The van der Waals surface area contributed by atoms with Crippen LogP contribution in [-0.4, -0.2) is 53.8 Å². The van der Waals surface area contributed by atoms with Crippen molar-refractivity contribution in [3.63, 3.8) is 0 Å². The monoisotopic (exact) mass is 436 g/mol. The van der Waals surface area contributed by atoms with Crippen LogP contribution in [0, 0.1) is 13.8 Å². The van der Waals surface area contributed by atoms with Crippen LogP contribution in [0.25, 0.3) is 11.3 Å². The van der Waals surface area contributed by atoms with Gasteiger partial charge in [0.15, 0.2) is 12.4 Å². The molecule has 1 aromatic heterocycles. The molecule has 0 radical (unpaired) electrons. The second kappa shape index (κ2) is 9.35. The molecule has 1 saturated heterocycles. The lowest BCUT2D eigenvalue weighted by Gasteiger charge is -2.35. The number of ether oxygens (including phenoxy) is 1. The van der Waals surface area contributed by atoms with Crippen LogP contribution in [0.5, 0.6) is 5.75 Å². The number of hydrogen-bond acceptors (Lipinski definition) is 5. The number of aryl methyl sites for hydroxylation is 1. The maximum Gasteiger partial charge on any atom is 0.260 e. The molecule has 0 saturated carbocycles. The van der Waals surface area contributed by atoms with E-state index in [2.05, 4.69) is 15.1 Å². The summed E-state index contributed by atoms with van der Waals surface area (Å²) in [6, 6.07) is 17.3. The molecule has 4 rings (SSSR count). The molecule has 1 aliphatic rings. The third kappa shape index (κ3) is 4.80. The Labute approximate surface area is 187 Å². The molecule has 0 aliphatic carbocycles. The van der Waals surface area contributed by atoms with E-state index >= 15 is 0 Å². The average molecular weight is 437 g/mol. The van der Waals surface area contributed by atoms with Crippen molar-refractivity contribution in [1.82, 2.24) is 15.1 Å². The van der Waals surface area contributed by atoms with Crippen molar-refractivity contribution in [1.29, 1.82) is 0 Å². The first-order valence-electron chi connectivity index (χ1n) is 10.3. The molecule has 6 nitrogen and oxygen atoms in total. The fourth-order valence-corrected chi connectivity index (χ4v) is 3.84. The van der Waals surface area contributed by atoms with Crippen molar-refractivity contribution in [2.45, 2.75) is 13.8 Å². The van der Waals surface area contributed by atoms with E-state index < -0.39 is 0 Å². The fourth-order valence-electron chi connectivity index (χ4n) is 3.60. The number of hydrogen-bond donors (Lipinski definition) is 0. The molecule has 0 unspecified atom stereocenters. The number of anilines is 1. The second-order valence-electron chi connectivity index (χ2n) is 7.61. The predicted molar refractivity (Wildman–Crippen MR) is 123 cm³/mol. The summed E-state index contributed by atoms with van der Waals surface area (Å²) in [7, 11) is 0. The molecular weight excluding hydrogens is 412 g/mol. The molecule has 1 fully saturated rings. The van der Waals surface area contributed by atoms with E-state index in [0.29, 0.717) is 31.2 Å². The van der Waals surface area contributed by atoms with Crippen molar-refractivity contribution in [2.24, 2.45) is 0 Å². The normalized spacial score (nSPS) is 13.9. The lowest BCUT2D eigenvalue weighted by atomic mass is 10.1. The zero-order valence-corrected chi connectivity index (χ0v) is 18.5. The van der Waals surface area contributed by atoms with Crippen molar-refractivity contribution in [3.05, 3.63) is 70.7 Å². The van der Waals surface area contributed by atoms with Crippen molar-refractivity contribution >= 4 is 23.3 Å². The summed E-state index contributed by atoms with van der Waals surface area (Å²) in [6.45, 7) is 6.76. The highest BCUT2D eigenvalue weighted by Gasteiger charge is 2.22. The Kier molecular flexibility index (Phi) is 6.37. The minimum Gasteiger partial charge on any atom is -0.483 e. The molecule has 31 heavy (non-hydrogen) atoms. The Bertz CT molecular complexity index is 1060. The van der Waals surface area contributed by atoms with Gasteiger partial charge in [-0.1, -0.05) is 41.9 Å². The van der Waals surface area contributed by atoms with Crippen LogP contribution in [0.3, 0.4) is 0 Å². The van der Waals surface area contributed by atoms with E-state index in [9.17, 15) is 4.79 Å². The van der Waals surface area contributed by atoms with E-state index in [1.165, 1.54) is 0 Å². The highest BCUT2D eigenvalue weighted by Crippen LogP contribution is 2.26. The molecule has 2 heterocycles. The Hall–Kier alpha value is -3.12. The van der Waals surface area contributed by atoms with Crippen LogP contribution >= 0.6 is 11.6 Å². The van der Waals surface area contributed by atoms with Gasteiger partial charge in [-0.25, -0.2) is 0 Å². The summed E-state index contributed by atoms with van der Waals surface area (Å²) in [5.41, 5.74) is 3.83. The van der Waals surface area contributed by atoms with E-state index in [0.717, 1.165) is 34.0 Å². The molecule has 0 atom stereocenters. The van der Waals surface area contributed by atoms with Crippen LogP contribution in [0.4, 0.5) is 5.82 Å². The zero-order chi connectivity index (χ0) is 21.8. The first-order chi connectivity index (χ1) is 15.0. The number of amides is 1. The zero-order valence-electron chi connectivity index (χ0n) is 17.7. The van der Waals surface area contributed by atoms with Gasteiger partial charge in [-0.2, -0.15) is 0 Å². The molecule has 3 aromatic rings. The number of rotatable bonds is 5. The van der Waals surface area contributed by atoms with Crippen molar-refractivity contribution in [2.75, 3.05) is 37.7 Å². The third-order valence-corrected chi connectivity index (χ3v) is 5.99. The first-order valence-corrected chi connectivity index (χ1v) is 10.7. The van der Waals surface area contributed by atoms with Gasteiger partial charge in [0.05, 0.1) is 10.7 Å². The Morgan fingerprint density at radius 3 is 2.45 bits per heavy atom. The van der Waals surface area contributed by atoms with Crippen molar-refractivity contribution in [3.8, 4) is 17.0 Å². The van der Waals surface area contributed by atoms with Gasteiger partial charge in [0, 0.05) is 31.7 Å². The number of carbonyl (C=O) groups excluding carboxylic acids is 1. The molecule has 160 valence electrons. The van der Waals surface area contributed by atoms with Gasteiger partial charge < -0.3 is 14.5 Å². The summed E-state index contributed by atoms with van der Waals surface area (Å²) in [5, 5.41) is 9.37. The maximum atomic E-state index is 12.6. The highest BCUT2D eigenvalue weighted by molar-refractivity contribution is 6.33. The van der Waals surface area contributed by atoms with Gasteiger partial charge in [-0.05, 0) is 49.2 Å². The van der Waals surface area contributed by atoms with Crippen LogP contribution < -0.4 is 9.64 Å². The minimum atomic E-state index is 0.000655.